The number of thiazole rings is 1. The summed E-state index contributed by atoms with van der Waals surface area (Å²) in [6.45, 7) is 0. The van der Waals surface area contributed by atoms with Crippen LogP contribution < -0.4 is 0 Å². The smallest absolute Gasteiger partial charge is 0.0999 e. The summed E-state index contributed by atoms with van der Waals surface area (Å²) in [5.74, 6) is 0.368. The van der Waals surface area contributed by atoms with Gasteiger partial charge in [0, 0.05) is 5.38 Å². The van der Waals surface area contributed by atoms with Crippen LogP contribution in [-0.2, 0) is 0 Å². The summed E-state index contributed by atoms with van der Waals surface area (Å²) in [6.07, 6.45) is 7.13. The molecule has 0 aliphatic heterocycles. The van der Waals surface area contributed by atoms with Gasteiger partial charge in [-0.25, -0.2) is 4.98 Å². The number of rotatable bonds is 2. The van der Waals surface area contributed by atoms with Gasteiger partial charge < -0.3 is 5.11 Å². The van der Waals surface area contributed by atoms with Crippen LogP contribution in [0.15, 0.2) is 23.0 Å². The molecule has 0 bridgehead atoms. The van der Waals surface area contributed by atoms with E-state index in [1.807, 2.05) is 5.38 Å². The number of allylic oxidation sites excluding steroid dienone is 2. The largest absolute Gasteiger partial charge is 0.386 e. The molecule has 1 heterocycles. The second-order valence-electron chi connectivity index (χ2n) is 3.40. The van der Waals surface area contributed by atoms with E-state index in [0.29, 0.717) is 5.92 Å². The maximum atomic E-state index is 9.94. The van der Waals surface area contributed by atoms with Gasteiger partial charge in [0.2, 0.25) is 0 Å². The second-order valence-corrected chi connectivity index (χ2v) is 4.12. The van der Waals surface area contributed by atoms with Gasteiger partial charge >= 0.3 is 0 Å². The molecular formula is C10H13NOS. The molecule has 0 radical (unpaired) electrons. The number of nitrogens with zero attached hydrogens (tertiary/aromatic N) is 1. The summed E-state index contributed by atoms with van der Waals surface area (Å²) < 4.78 is 0. The van der Waals surface area contributed by atoms with Crippen LogP contribution in [0.5, 0.6) is 0 Å². The zero-order valence-corrected chi connectivity index (χ0v) is 8.20. The Labute approximate surface area is 81.9 Å². The first kappa shape index (κ1) is 8.91. The third kappa shape index (κ3) is 1.98. The third-order valence-corrected chi connectivity index (χ3v) is 3.12. The summed E-state index contributed by atoms with van der Waals surface area (Å²) >= 11 is 1.54. The van der Waals surface area contributed by atoms with E-state index in [9.17, 15) is 5.11 Å². The van der Waals surface area contributed by atoms with Crippen LogP contribution in [0.4, 0.5) is 0 Å². The fraction of sp³-hybridized carbons (Fsp3) is 0.500. The molecule has 0 saturated heterocycles. The van der Waals surface area contributed by atoms with Gasteiger partial charge in [-0.05, 0) is 25.2 Å². The van der Waals surface area contributed by atoms with Crippen LogP contribution in [0, 0.1) is 5.92 Å². The Morgan fingerprint density at radius 1 is 1.54 bits per heavy atom. The Hall–Kier alpha value is -0.670. The average Bonchev–Trinajstić information content (AvgIpc) is 2.71. The highest BCUT2D eigenvalue weighted by Crippen LogP contribution is 2.30. The summed E-state index contributed by atoms with van der Waals surface area (Å²) in [5.41, 5.74) is 2.61. The molecule has 0 spiro atoms. The first-order chi connectivity index (χ1) is 6.38. The number of aliphatic hydroxyl groups is 1. The maximum Gasteiger partial charge on any atom is 0.0999 e. The van der Waals surface area contributed by atoms with Crippen molar-refractivity contribution in [1.29, 1.82) is 0 Å². The zero-order chi connectivity index (χ0) is 9.10. The van der Waals surface area contributed by atoms with Crippen molar-refractivity contribution in [2.75, 3.05) is 0 Å². The number of hydrogen-bond acceptors (Lipinski definition) is 3. The van der Waals surface area contributed by atoms with Crippen LogP contribution in [0.1, 0.15) is 31.1 Å². The number of aliphatic hydroxyl groups excluding tert-OH is 1. The quantitative estimate of drug-likeness (QED) is 0.736. The number of aromatic nitrogens is 1. The van der Waals surface area contributed by atoms with Crippen molar-refractivity contribution < 1.29 is 5.11 Å². The Morgan fingerprint density at radius 3 is 3.08 bits per heavy atom. The minimum Gasteiger partial charge on any atom is -0.386 e. The summed E-state index contributed by atoms with van der Waals surface area (Å²) in [6, 6.07) is 0. The second kappa shape index (κ2) is 4.03. The van der Waals surface area contributed by atoms with Crippen molar-refractivity contribution in [3.8, 4) is 0 Å². The van der Waals surface area contributed by atoms with E-state index in [-0.39, 0.29) is 6.10 Å². The van der Waals surface area contributed by atoms with Gasteiger partial charge in [0.05, 0.1) is 17.3 Å². The monoisotopic (exact) mass is 195 g/mol. The molecule has 1 N–H and O–H groups in total. The normalized spacial score (nSPS) is 24.5. The van der Waals surface area contributed by atoms with E-state index in [1.54, 1.807) is 16.8 Å². The summed E-state index contributed by atoms with van der Waals surface area (Å²) in [4.78, 5) is 4.14. The van der Waals surface area contributed by atoms with Crippen LogP contribution in [0.2, 0.25) is 0 Å². The topological polar surface area (TPSA) is 33.1 Å². The first-order valence-corrected chi connectivity index (χ1v) is 5.53. The molecule has 13 heavy (non-hydrogen) atoms. The molecule has 1 aliphatic carbocycles. The third-order valence-electron chi connectivity index (χ3n) is 2.51. The van der Waals surface area contributed by atoms with Gasteiger partial charge in [-0.15, -0.1) is 11.3 Å². The average molecular weight is 195 g/mol. The molecule has 0 saturated carbocycles. The molecule has 0 fully saturated rings. The van der Waals surface area contributed by atoms with Crippen molar-refractivity contribution in [1.82, 2.24) is 4.98 Å². The van der Waals surface area contributed by atoms with E-state index >= 15 is 0 Å². The lowest BCUT2D eigenvalue weighted by atomic mass is 9.88. The highest BCUT2D eigenvalue weighted by atomic mass is 32.1. The van der Waals surface area contributed by atoms with Gasteiger partial charge in [0.25, 0.3) is 0 Å². The first-order valence-electron chi connectivity index (χ1n) is 4.59. The lowest BCUT2D eigenvalue weighted by Crippen LogP contribution is -2.14. The van der Waals surface area contributed by atoms with E-state index < -0.39 is 0 Å². The molecule has 0 amide bonds. The number of hydrogen-bond donors (Lipinski definition) is 1. The minimum atomic E-state index is -0.365. The SMILES string of the molecule is OC(c1cscn1)C1CC=CCC1. The molecule has 70 valence electrons. The van der Waals surface area contributed by atoms with Gasteiger partial charge in [-0.3, -0.25) is 0 Å². The van der Waals surface area contributed by atoms with E-state index in [1.165, 1.54) is 0 Å². The van der Waals surface area contributed by atoms with Crippen LogP contribution in [-0.4, -0.2) is 10.1 Å². The Kier molecular flexibility index (Phi) is 2.76. The molecule has 2 unspecified atom stereocenters. The van der Waals surface area contributed by atoms with E-state index in [2.05, 4.69) is 17.1 Å². The van der Waals surface area contributed by atoms with Crippen LogP contribution in [0.25, 0.3) is 0 Å². The van der Waals surface area contributed by atoms with Gasteiger partial charge in [-0.1, -0.05) is 12.2 Å². The van der Waals surface area contributed by atoms with Crippen molar-refractivity contribution in [3.63, 3.8) is 0 Å². The van der Waals surface area contributed by atoms with Crippen LogP contribution >= 0.6 is 11.3 Å². The van der Waals surface area contributed by atoms with Gasteiger partial charge in [0.1, 0.15) is 0 Å². The van der Waals surface area contributed by atoms with Gasteiger partial charge in [-0.2, -0.15) is 0 Å². The Bertz CT molecular complexity index is 281. The van der Waals surface area contributed by atoms with Gasteiger partial charge in [0.15, 0.2) is 0 Å². The standard InChI is InChI=1S/C10H13NOS/c12-10(9-6-13-7-11-9)8-4-2-1-3-5-8/h1-2,6-8,10,12H,3-5H2. The van der Waals surface area contributed by atoms with Crippen molar-refractivity contribution in [2.24, 2.45) is 5.92 Å². The van der Waals surface area contributed by atoms with Crippen LogP contribution in [0.3, 0.4) is 0 Å². The predicted molar refractivity (Wildman–Crippen MR) is 53.6 cm³/mol. The molecule has 2 rings (SSSR count). The molecule has 0 aromatic carbocycles. The molecule has 2 atom stereocenters. The molecular weight excluding hydrogens is 182 g/mol. The predicted octanol–water partition coefficient (Wildman–Crippen LogP) is 2.53. The lowest BCUT2D eigenvalue weighted by molar-refractivity contribution is 0.0990. The Balaban J connectivity index is 2.04. The molecule has 1 aromatic heterocycles. The highest BCUT2D eigenvalue weighted by Gasteiger charge is 2.22. The van der Waals surface area contributed by atoms with Crippen molar-refractivity contribution >= 4 is 11.3 Å². The lowest BCUT2D eigenvalue weighted by Gasteiger charge is -2.22. The maximum absolute atomic E-state index is 9.94. The summed E-state index contributed by atoms with van der Waals surface area (Å²) in [7, 11) is 0. The van der Waals surface area contributed by atoms with E-state index in [4.69, 9.17) is 0 Å². The highest BCUT2D eigenvalue weighted by molar-refractivity contribution is 7.07. The minimum absolute atomic E-state index is 0.365. The molecule has 3 heteroatoms. The fourth-order valence-electron chi connectivity index (χ4n) is 1.71. The molecule has 1 aromatic rings. The Morgan fingerprint density at radius 2 is 2.46 bits per heavy atom. The van der Waals surface area contributed by atoms with E-state index in [0.717, 1.165) is 25.0 Å². The fourth-order valence-corrected chi connectivity index (χ4v) is 2.30. The summed E-state index contributed by atoms with van der Waals surface area (Å²) in [5, 5.41) is 11.9. The zero-order valence-electron chi connectivity index (χ0n) is 7.39. The van der Waals surface area contributed by atoms with Crippen molar-refractivity contribution in [3.05, 3.63) is 28.7 Å². The van der Waals surface area contributed by atoms with Crippen molar-refractivity contribution in [2.45, 2.75) is 25.4 Å². The molecule has 2 nitrogen and oxygen atoms in total. The molecule has 1 aliphatic rings.